The lowest BCUT2D eigenvalue weighted by atomic mass is 9.98. The van der Waals surface area contributed by atoms with Gasteiger partial charge in [0.05, 0.1) is 12.9 Å². The van der Waals surface area contributed by atoms with E-state index in [1.807, 2.05) is 31.2 Å². The highest BCUT2D eigenvalue weighted by molar-refractivity contribution is 7.88. The van der Waals surface area contributed by atoms with Gasteiger partial charge in [0.2, 0.25) is 15.9 Å². The minimum atomic E-state index is -3.09. The van der Waals surface area contributed by atoms with E-state index < -0.39 is 10.0 Å². The number of sulfonamides is 1. The van der Waals surface area contributed by atoms with Gasteiger partial charge in [0.25, 0.3) is 0 Å². The summed E-state index contributed by atoms with van der Waals surface area (Å²) in [5, 5.41) is 2.97. The van der Waals surface area contributed by atoms with Crippen LogP contribution in [0.1, 0.15) is 37.7 Å². The first-order valence-electron chi connectivity index (χ1n) is 9.26. The minimum absolute atomic E-state index is 0.0612. The molecule has 1 amide bonds. The van der Waals surface area contributed by atoms with Crippen LogP contribution in [0.3, 0.4) is 0 Å². The molecule has 0 bridgehead atoms. The molecule has 0 aromatic heterocycles. The molecule has 0 unspecified atom stereocenters. The predicted octanol–water partition coefficient (Wildman–Crippen LogP) is 2.33. The number of hydrogen-bond acceptors (Lipinski definition) is 4. The quantitative estimate of drug-likeness (QED) is 0.665. The third-order valence-corrected chi connectivity index (χ3v) is 5.99. The molecule has 6 nitrogen and oxygen atoms in total. The average Bonchev–Trinajstić information content (AvgIpc) is 2.59. The summed E-state index contributed by atoms with van der Waals surface area (Å²) in [6.45, 7) is 4.38. The zero-order valence-electron chi connectivity index (χ0n) is 15.7. The Hall–Kier alpha value is -1.60. The van der Waals surface area contributed by atoms with Gasteiger partial charge in [-0.2, -0.15) is 0 Å². The van der Waals surface area contributed by atoms with E-state index in [1.54, 1.807) is 0 Å². The monoisotopic (exact) mass is 382 g/mol. The largest absolute Gasteiger partial charge is 0.494 e. The number of carbonyl (C=O) groups is 1. The maximum absolute atomic E-state index is 11.9. The first-order valence-corrected chi connectivity index (χ1v) is 11.1. The Kier molecular flexibility index (Phi) is 7.90. The van der Waals surface area contributed by atoms with Gasteiger partial charge in [-0.15, -0.1) is 0 Å². The van der Waals surface area contributed by atoms with E-state index in [2.05, 4.69) is 5.32 Å². The number of unbranched alkanes of at least 4 members (excludes halogenated alkanes) is 1. The Morgan fingerprint density at radius 3 is 2.65 bits per heavy atom. The van der Waals surface area contributed by atoms with Gasteiger partial charge in [-0.1, -0.05) is 12.1 Å². The highest BCUT2D eigenvalue weighted by atomic mass is 32.2. The van der Waals surface area contributed by atoms with Gasteiger partial charge in [-0.3, -0.25) is 4.79 Å². The number of nitrogens with one attached hydrogen (secondary N) is 1. The van der Waals surface area contributed by atoms with E-state index in [1.165, 1.54) is 16.1 Å². The van der Waals surface area contributed by atoms with Gasteiger partial charge in [-0.05, 0) is 56.2 Å². The lowest BCUT2D eigenvalue weighted by Crippen LogP contribution is -2.41. The molecule has 1 aromatic carbocycles. The van der Waals surface area contributed by atoms with Gasteiger partial charge in [0, 0.05) is 26.1 Å². The number of nitrogens with zero attached hydrogens (tertiary/aromatic N) is 1. The molecule has 0 atom stereocenters. The lowest BCUT2D eigenvalue weighted by molar-refractivity contribution is -0.121. The first kappa shape index (κ1) is 20.7. The second kappa shape index (κ2) is 9.92. The van der Waals surface area contributed by atoms with Gasteiger partial charge >= 0.3 is 0 Å². The minimum Gasteiger partial charge on any atom is -0.494 e. The number of piperidine rings is 1. The van der Waals surface area contributed by atoms with Crippen LogP contribution in [0.15, 0.2) is 24.3 Å². The Morgan fingerprint density at radius 1 is 1.27 bits per heavy atom. The third kappa shape index (κ3) is 7.33. The second-order valence-electron chi connectivity index (χ2n) is 7.03. The third-order valence-electron chi connectivity index (χ3n) is 4.69. The van der Waals surface area contributed by atoms with Crippen LogP contribution in [-0.4, -0.2) is 51.1 Å². The van der Waals surface area contributed by atoms with Crippen molar-refractivity contribution < 1.29 is 17.9 Å². The van der Waals surface area contributed by atoms with Crippen molar-refractivity contribution in [2.75, 3.05) is 32.5 Å². The van der Waals surface area contributed by atoms with Gasteiger partial charge in [-0.25, -0.2) is 12.7 Å². The molecule has 1 aliphatic heterocycles. The molecule has 2 rings (SSSR count). The molecular weight excluding hydrogens is 352 g/mol. The van der Waals surface area contributed by atoms with Crippen LogP contribution < -0.4 is 10.1 Å². The summed E-state index contributed by atoms with van der Waals surface area (Å²) < 4.78 is 30.2. The van der Waals surface area contributed by atoms with Crippen LogP contribution >= 0.6 is 0 Å². The molecule has 1 fully saturated rings. The summed E-state index contributed by atoms with van der Waals surface area (Å²) >= 11 is 0. The van der Waals surface area contributed by atoms with Crippen molar-refractivity contribution in [1.29, 1.82) is 0 Å². The normalized spacial score (nSPS) is 16.4. The second-order valence-corrected chi connectivity index (χ2v) is 9.01. The predicted molar refractivity (Wildman–Crippen MR) is 103 cm³/mol. The number of ether oxygens (including phenoxy) is 1. The highest BCUT2D eigenvalue weighted by Crippen LogP contribution is 2.18. The van der Waals surface area contributed by atoms with Crippen LogP contribution in [0, 0.1) is 12.8 Å². The molecule has 1 N–H and O–H groups in total. The SMILES string of the molecule is Cc1cccc(OCCCCC(=O)NCC2CCN(S(C)(=O)=O)CC2)c1. The van der Waals surface area contributed by atoms with Crippen molar-refractivity contribution in [3.8, 4) is 5.75 Å². The molecule has 1 saturated heterocycles. The smallest absolute Gasteiger partial charge is 0.220 e. The summed E-state index contributed by atoms with van der Waals surface area (Å²) in [4.78, 5) is 11.9. The van der Waals surface area contributed by atoms with Crippen LogP contribution in [0.25, 0.3) is 0 Å². The maximum atomic E-state index is 11.9. The number of amides is 1. The van der Waals surface area contributed by atoms with Crippen LogP contribution in [0.2, 0.25) is 0 Å². The van der Waals surface area contributed by atoms with Crippen molar-refractivity contribution in [3.05, 3.63) is 29.8 Å². The number of hydrogen-bond donors (Lipinski definition) is 1. The number of carbonyl (C=O) groups excluding carboxylic acids is 1. The van der Waals surface area contributed by atoms with E-state index in [0.717, 1.165) is 31.4 Å². The number of rotatable bonds is 9. The average molecular weight is 383 g/mol. The summed E-state index contributed by atoms with van der Waals surface area (Å²) in [6.07, 6.45) is 4.99. The Balaban J connectivity index is 1.53. The highest BCUT2D eigenvalue weighted by Gasteiger charge is 2.24. The molecule has 1 heterocycles. The fraction of sp³-hybridized carbons (Fsp3) is 0.632. The summed E-state index contributed by atoms with van der Waals surface area (Å²) in [5.74, 6) is 1.29. The molecular formula is C19H30N2O4S. The fourth-order valence-corrected chi connectivity index (χ4v) is 3.95. The van der Waals surface area contributed by atoms with E-state index in [-0.39, 0.29) is 5.91 Å². The topological polar surface area (TPSA) is 75.7 Å². The van der Waals surface area contributed by atoms with Crippen molar-refractivity contribution in [2.45, 2.75) is 39.0 Å². The van der Waals surface area contributed by atoms with Gasteiger partial charge in [0.1, 0.15) is 5.75 Å². The summed E-state index contributed by atoms with van der Waals surface area (Å²) in [6, 6.07) is 7.94. The molecule has 0 aliphatic carbocycles. The molecule has 26 heavy (non-hydrogen) atoms. The van der Waals surface area contributed by atoms with Crippen LogP contribution in [0.4, 0.5) is 0 Å². The van der Waals surface area contributed by atoms with E-state index >= 15 is 0 Å². The standard InChI is InChI=1S/C19H30N2O4S/c1-16-6-5-7-18(14-16)25-13-4-3-8-19(22)20-15-17-9-11-21(12-10-17)26(2,23)24/h5-7,14,17H,3-4,8-13,15H2,1-2H3,(H,20,22). The van der Waals surface area contributed by atoms with Crippen molar-refractivity contribution >= 4 is 15.9 Å². The van der Waals surface area contributed by atoms with Crippen molar-refractivity contribution in [2.24, 2.45) is 5.92 Å². The van der Waals surface area contributed by atoms with E-state index in [0.29, 0.717) is 38.6 Å². The maximum Gasteiger partial charge on any atom is 0.220 e. The van der Waals surface area contributed by atoms with E-state index in [4.69, 9.17) is 4.74 Å². The molecule has 1 aromatic rings. The number of benzene rings is 1. The Morgan fingerprint density at radius 2 is 2.00 bits per heavy atom. The van der Waals surface area contributed by atoms with Crippen molar-refractivity contribution in [1.82, 2.24) is 9.62 Å². The zero-order chi connectivity index (χ0) is 19.0. The summed E-state index contributed by atoms with van der Waals surface area (Å²) in [7, 11) is -3.09. The lowest BCUT2D eigenvalue weighted by Gasteiger charge is -2.30. The molecule has 1 aliphatic rings. The molecule has 0 radical (unpaired) electrons. The summed E-state index contributed by atoms with van der Waals surface area (Å²) in [5.41, 5.74) is 1.17. The fourth-order valence-electron chi connectivity index (χ4n) is 3.07. The molecule has 0 saturated carbocycles. The molecule has 146 valence electrons. The van der Waals surface area contributed by atoms with Crippen LogP contribution in [0.5, 0.6) is 5.75 Å². The zero-order valence-corrected chi connectivity index (χ0v) is 16.6. The first-order chi connectivity index (χ1) is 12.3. The number of aryl methyl sites for hydroxylation is 1. The van der Waals surface area contributed by atoms with Gasteiger partial charge in [0.15, 0.2) is 0 Å². The molecule has 0 spiro atoms. The van der Waals surface area contributed by atoms with Crippen molar-refractivity contribution in [3.63, 3.8) is 0 Å². The van der Waals surface area contributed by atoms with Crippen LogP contribution in [-0.2, 0) is 14.8 Å². The van der Waals surface area contributed by atoms with Gasteiger partial charge < -0.3 is 10.1 Å². The Bertz CT molecular complexity index is 683. The van der Waals surface area contributed by atoms with E-state index in [9.17, 15) is 13.2 Å². The Labute approximate surface area is 157 Å². The molecule has 7 heteroatoms.